The van der Waals surface area contributed by atoms with E-state index < -0.39 is 0 Å². The van der Waals surface area contributed by atoms with Gasteiger partial charge in [-0.3, -0.25) is 4.98 Å². The highest BCUT2D eigenvalue weighted by Gasteiger charge is 1.98. The average molecular weight is 256 g/mol. The summed E-state index contributed by atoms with van der Waals surface area (Å²) < 4.78 is 5.71. The summed E-state index contributed by atoms with van der Waals surface area (Å²) in [6.07, 6.45) is 2.93. The highest BCUT2D eigenvalue weighted by atomic mass is 16.5. The Bertz CT molecular complexity index is 491. The van der Waals surface area contributed by atoms with Gasteiger partial charge in [0.2, 0.25) is 0 Å². The number of hydrogen-bond donors (Lipinski definition) is 1. The predicted octanol–water partition coefficient (Wildman–Crippen LogP) is 2.94. The number of nitrogens with one attached hydrogen (secondary N) is 1. The minimum atomic E-state index is 0.505. The van der Waals surface area contributed by atoms with Crippen LogP contribution in [0.4, 0.5) is 0 Å². The molecule has 0 saturated heterocycles. The molecule has 0 spiro atoms. The fourth-order valence-corrected chi connectivity index (χ4v) is 1.83. The molecule has 0 atom stereocenters. The highest BCUT2D eigenvalue weighted by molar-refractivity contribution is 5.27. The first-order valence-corrected chi connectivity index (χ1v) is 6.62. The molecule has 1 aromatic carbocycles. The maximum atomic E-state index is 5.71. The van der Waals surface area contributed by atoms with Gasteiger partial charge in [0.1, 0.15) is 12.4 Å². The first-order valence-electron chi connectivity index (χ1n) is 6.62. The molecule has 0 aliphatic heterocycles. The second kappa shape index (κ2) is 6.90. The van der Waals surface area contributed by atoms with Crippen LogP contribution < -0.4 is 10.1 Å². The third-order valence-electron chi connectivity index (χ3n) is 2.99. The lowest BCUT2D eigenvalue weighted by Gasteiger charge is -2.07. The van der Waals surface area contributed by atoms with Crippen LogP contribution in [0.15, 0.2) is 42.6 Å². The van der Waals surface area contributed by atoms with E-state index in [9.17, 15) is 0 Å². The number of hydrogen-bond acceptors (Lipinski definition) is 3. The molecule has 0 radical (unpaired) electrons. The summed E-state index contributed by atoms with van der Waals surface area (Å²) in [7, 11) is 1.93. The van der Waals surface area contributed by atoms with Crippen LogP contribution in [0.25, 0.3) is 0 Å². The number of aromatic nitrogens is 1. The summed E-state index contributed by atoms with van der Waals surface area (Å²) >= 11 is 0. The monoisotopic (exact) mass is 256 g/mol. The summed E-state index contributed by atoms with van der Waals surface area (Å²) in [4.78, 5) is 4.38. The molecule has 19 heavy (non-hydrogen) atoms. The Morgan fingerprint density at radius 1 is 1.05 bits per heavy atom. The van der Waals surface area contributed by atoms with Gasteiger partial charge in [0.25, 0.3) is 0 Å². The Hall–Kier alpha value is -1.87. The predicted molar refractivity (Wildman–Crippen MR) is 77.2 cm³/mol. The lowest BCUT2D eigenvalue weighted by molar-refractivity contribution is 0.301. The third-order valence-corrected chi connectivity index (χ3v) is 2.99. The Kier molecular flexibility index (Phi) is 4.93. The fourth-order valence-electron chi connectivity index (χ4n) is 1.83. The molecule has 100 valence electrons. The van der Waals surface area contributed by atoms with Gasteiger partial charge in [-0.15, -0.1) is 0 Å². The van der Waals surface area contributed by atoms with E-state index in [-0.39, 0.29) is 0 Å². The zero-order valence-corrected chi connectivity index (χ0v) is 11.5. The van der Waals surface area contributed by atoms with Crippen molar-refractivity contribution < 1.29 is 4.74 Å². The quantitative estimate of drug-likeness (QED) is 0.863. The van der Waals surface area contributed by atoms with Gasteiger partial charge in [-0.25, -0.2) is 0 Å². The molecular weight excluding hydrogens is 236 g/mol. The van der Waals surface area contributed by atoms with Gasteiger partial charge in [0, 0.05) is 12.7 Å². The third kappa shape index (κ3) is 4.07. The SMILES string of the molecule is CCc1ccc(OCc2ccc(CNC)cn2)cc1. The molecule has 0 fully saturated rings. The number of ether oxygens (including phenoxy) is 1. The van der Waals surface area contributed by atoms with E-state index in [1.54, 1.807) is 0 Å². The molecule has 3 nitrogen and oxygen atoms in total. The van der Waals surface area contributed by atoms with Gasteiger partial charge >= 0.3 is 0 Å². The highest BCUT2D eigenvalue weighted by Crippen LogP contribution is 2.14. The van der Waals surface area contributed by atoms with E-state index in [1.165, 1.54) is 11.1 Å². The van der Waals surface area contributed by atoms with Gasteiger partial charge < -0.3 is 10.1 Å². The molecule has 3 heteroatoms. The number of benzene rings is 1. The number of nitrogens with zero attached hydrogens (tertiary/aromatic N) is 1. The van der Waals surface area contributed by atoms with E-state index in [1.807, 2.05) is 31.4 Å². The molecule has 0 bridgehead atoms. The van der Waals surface area contributed by atoms with Crippen LogP contribution in [0.2, 0.25) is 0 Å². The Labute approximate surface area is 114 Å². The zero-order chi connectivity index (χ0) is 13.5. The van der Waals surface area contributed by atoms with Crippen molar-refractivity contribution >= 4 is 0 Å². The molecule has 1 heterocycles. The first kappa shape index (κ1) is 13.6. The van der Waals surface area contributed by atoms with Gasteiger partial charge in [-0.1, -0.05) is 25.1 Å². The Balaban J connectivity index is 1.90. The van der Waals surface area contributed by atoms with Gasteiger partial charge in [0.05, 0.1) is 5.69 Å². The molecule has 0 aliphatic carbocycles. The minimum absolute atomic E-state index is 0.505. The maximum absolute atomic E-state index is 5.71. The van der Waals surface area contributed by atoms with Crippen molar-refractivity contribution in [3.8, 4) is 5.75 Å². The summed E-state index contributed by atoms with van der Waals surface area (Å²) in [6.45, 7) is 3.49. The standard InChI is InChI=1S/C16H20N2O/c1-3-13-5-8-16(9-6-13)19-12-15-7-4-14(10-17-2)11-18-15/h4-9,11,17H,3,10,12H2,1-2H3. The van der Waals surface area contributed by atoms with Crippen molar-refractivity contribution in [2.24, 2.45) is 0 Å². The Morgan fingerprint density at radius 2 is 1.79 bits per heavy atom. The van der Waals surface area contributed by atoms with Gasteiger partial charge in [-0.05, 0) is 42.8 Å². The summed E-state index contributed by atoms with van der Waals surface area (Å²) in [5.41, 5.74) is 3.44. The van der Waals surface area contributed by atoms with Crippen LogP contribution in [0.3, 0.4) is 0 Å². The zero-order valence-electron chi connectivity index (χ0n) is 11.5. The fraction of sp³-hybridized carbons (Fsp3) is 0.312. The van der Waals surface area contributed by atoms with Crippen molar-refractivity contribution in [1.82, 2.24) is 10.3 Å². The summed E-state index contributed by atoms with van der Waals surface area (Å²) in [5, 5.41) is 3.10. The molecule has 0 unspecified atom stereocenters. The minimum Gasteiger partial charge on any atom is -0.487 e. The van der Waals surface area contributed by atoms with E-state index in [2.05, 4.69) is 35.4 Å². The molecule has 2 rings (SSSR count). The first-order chi connectivity index (χ1) is 9.31. The molecule has 1 aromatic heterocycles. The van der Waals surface area contributed by atoms with Crippen LogP contribution in [0.1, 0.15) is 23.7 Å². The van der Waals surface area contributed by atoms with E-state index >= 15 is 0 Å². The smallest absolute Gasteiger partial charge is 0.130 e. The molecule has 1 N–H and O–H groups in total. The van der Waals surface area contributed by atoms with Crippen molar-refractivity contribution in [3.05, 3.63) is 59.4 Å². The topological polar surface area (TPSA) is 34.1 Å². The molecule has 0 saturated carbocycles. The summed E-state index contributed by atoms with van der Waals surface area (Å²) in [6, 6.07) is 12.3. The van der Waals surface area contributed by atoms with Crippen LogP contribution in [-0.2, 0) is 19.6 Å². The molecule has 2 aromatic rings. The van der Waals surface area contributed by atoms with Gasteiger partial charge in [-0.2, -0.15) is 0 Å². The summed E-state index contributed by atoms with van der Waals surface area (Å²) in [5.74, 6) is 0.887. The Morgan fingerprint density at radius 3 is 2.37 bits per heavy atom. The molecule has 0 amide bonds. The van der Waals surface area contributed by atoms with Crippen LogP contribution >= 0.6 is 0 Å². The normalized spacial score (nSPS) is 10.4. The van der Waals surface area contributed by atoms with Crippen LogP contribution in [-0.4, -0.2) is 12.0 Å². The van der Waals surface area contributed by atoms with E-state index in [0.29, 0.717) is 6.61 Å². The van der Waals surface area contributed by atoms with Crippen LogP contribution in [0.5, 0.6) is 5.75 Å². The van der Waals surface area contributed by atoms with Crippen LogP contribution in [0, 0.1) is 0 Å². The largest absolute Gasteiger partial charge is 0.487 e. The van der Waals surface area contributed by atoms with E-state index in [4.69, 9.17) is 4.74 Å². The lowest BCUT2D eigenvalue weighted by atomic mass is 10.2. The van der Waals surface area contributed by atoms with E-state index in [0.717, 1.165) is 24.4 Å². The number of rotatable bonds is 6. The van der Waals surface area contributed by atoms with Crippen molar-refractivity contribution in [1.29, 1.82) is 0 Å². The maximum Gasteiger partial charge on any atom is 0.130 e. The van der Waals surface area contributed by atoms with Crippen molar-refractivity contribution in [2.75, 3.05) is 7.05 Å². The number of pyridine rings is 1. The van der Waals surface area contributed by atoms with Crippen molar-refractivity contribution in [2.45, 2.75) is 26.5 Å². The molecule has 0 aliphatic rings. The van der Waals surface area contributed by atoms with Gasteiger partial charge in [0.15, 0.2) is 0 Å². The lowest BCUT2D eigenvalue weighted by Crippen LogP contribution is -2.06. The second-order valence-electron chi connectivity index (χ2n) is 4.47. The average Bonchev–Trinajstić information content (AvgIpc) is 2.47. The molecular formula is C16H20N2O. The van der Waals surface area contributed by atoms with Crippen molar-refractivity contribution in [3.63, 3.8) is 0 Å². The number of aryl methyl sites for hydroxylation is 1. The second-order valence-corrected chi connectivity index (χ2v) is 4.47.